The lowest BCUT2D eigenvalue weighted by atomic mass is 10.1. The third kappa shape index (κ3) is 5.07. The van der Waals surface area contributed by atoms with Gasteiger partial charge in [-0.2, -0.15) is 5.10 Å². The minimum Gasteiger partial charge on any atom is -0.490 e. The Morgan fingerprint density at radius 1 is 1.17 bits per heavy atom. The molecule has 0 saturated carbocycles. The van der Waals surface area contributed by atoms with Gasteiger partial charge in [0.15, 0.2) is 0 Å². The van der Waals surface area contributed by atoms with Gasteiger partial charge in [-0.3, -0.25) is 4.79 Å². The smallest absolute Gasteiger partial charge is 0.271 e. The van der Waals surface area contributed by atoms with Crippen LogP contribution in [0.2, 0.25) is 0 Å². The van der Waals surface area contributed by atoms with E-state index in [4.69, 9.17) is 4.74 Å². The summed E-state index contributed by atoms with van der Waals surface area (Å²) in [6.45, 7) is 5.86. The summed E-state index contributed by atoms with van der Waals surface area (Å²) < 4.78 is 6.37. The maximum absolute atomic E-state index is 12.1. The third-order valence-electron chi connectivity index (χ3n) is 3.07. The number of carbonyl (C=O) groups is 1. The lowest BCUT2D eigenvalue weighted by Crippen LogP contribution is -2.19. The second kappa shape index (κ2) is 8.29. The highest BCUT2D eigenvalue weighted by atomic mass is 79.9. The van der Waals surface area contributed by atoms with Gasteiger partial charge in [0.1, 0.15) is 12.4 Å². The Labute approximate surface area is 144 Å². The highest BCUT2D eigenvalue weighted by molar-refractivity contribution is 9.10. The molecule has 0 heterocycles. The van der Waals surface area contributed by atoms with Crippen molar-refractivity contribution >= 4 is 27.5 Å². The van der Waals surface area contributed by atoms with Crippen LogP contribution in [0.1, 0.15) is 22.8 Å². The molecule has 0 aliphatic carbocycles. The first-order chi connectivity index (χ1) is 11.1. The topological polar surface area (TPSA) is 50.7 Å². The molecule has 0 aliphatic heterocycles. The lowest BCUT2D eigenvalue weighted by Gasteiger charge is -2.05. The van der Waals surface area contributed by atoms with E-state index in [9.17, 15) is 4.79 Å². The Morgan fingerprint density at radius 2 is 1.78 bits per heavy atom. The molecule has 0 spiro atoms. The average molecular weight is 373 g/mol. The number of nitrogens with one attached hydrogen (secondary N) is 1. The number of benzene rings is 2. The van der Waals surface area contributed by atoms with Gasteiger partial charge in [-0.1, -0.05) is 40.7 Å². The lowest BCUT2D eigenvalue weighted by molar-refractivity contribution is 0.0955. The van der Waals surface area contributed by atoms with E-state index < -0.39 is 0 Å². The molecular weight excluding hydrogens is 356 g/mol. The van der Waals surface area contributed by atoms with Gasteiger partial charge in [0, 0.05) is 10.0 Å². The van der Waals surface area contributed by atoms with Crippen molar-refractivity contribution in [2.24, 2.45) is 5.10 Å². The van der Waals surface area contributed by atoms with Crippen molar-refractivity contribution in [2.45, 2.75) is 6.92 Å². The Hall–Kier alpha value is -2.40. The number of hydrazone groups is 1. The number of hydrogen-bond donors (Lipinski definition) is 1. The molecule has 1 amide bonds. The first-order valence-electron chi connectivity index (χ1n) is 7.04. The molecule has 5 heteroatoms. The molecule has 23 heavy (non-hydrogen) atoms. The summed E-state index contributed by atoms with van der Waals surface area (Å²) >= 11 is 3.38. The standard InChI is InChI=1S/C18H17BrN2O2/c1-3-12-23-17-10-6-15(7-11-17)18(22)21-20-13(2)14-4-8-16(19)9-5-14/h3-11H,1,12H2,2H3,(H,21,22)/b20-13+. The summed E-state index contributed by atoms with van der Waals surface area (Å²) in [5, 5.41) is 4.13. The fourth-order valence-corrected chi connectivity index (χ4v) is 2.08. The third-order valence-corrected chi connectivity index (χ3v) is 3.60. The second-order valence-electron chi connectivity index (χ2n) is 4.77. The van der Waals surface area contributed by atoms with Gasteiger partial charge in [-0.25, -0.2) is 5.43 Å². The van der Waals surface area contributed by atoms with Crippen molar-refractivity contribution < 1.29 is 9.53 Å². The van der Waals surface area contributed by atoms with E-state index in [0.29, 0.717) is 17.9 Å². The van der Waals surface area contributed by atoms with E-state index >= 15 is 0 Å². The van der Waals surface area contributed by atoms with E-state index in [2.05, 4.69) is 33.0 Å². The Bertz CT molecular complexity index is 707. The molecule has 0 unspecified atom stereocenters. The van der Waals surface area contributed by atoms with E-state index in [-0.39, 0.29) is 5.91 Å². The zero-order chi connectivity index (χ0) is 16.7. The minimum atomic E-state index is -0.267. The molecule has 118 valence electrons. The molecule has 2 aromatic rings. The number of hydrogen-bond acceptors (Lipinski definition) is 3. The second-order valence-corrected chi connectivity index (χ2v) is 5.68. The van der Waals surface area contributed by atoms with Crippen molar-refractivity contribution in [3.05, 3.63) is 76.8 Å². The number of halogens is 1. The molecule has 0 radical (unpaired) electrons. The predicted molar refractivity (Wildman–Crippen MR) is 96.0 cm³/mol. The number of ether oxygens (including phenoxy) is 1. The van der Waals surface area contributed by atoms with Crippen molar-refractivity contribution in [3.63, 3.8) is 0 Å². The van der Waals surface area contributed by atoms with E-state index in [1.807, 2.05) is 31.2 Å². The first kappa shape index (κ1) is 17.0. The zero-order valence-corrected chi connectivity index (χ0v) is 14.3. The summed E-state index contributed by atoms with van der Waals surface area (Å²) in [4.78, 5) is 12.1. The summed E-state index contributed by atoms with van der Waals surface area (Å²) in [5.74, 6) is 0.424. The summed E-state index contributed by atoms with van der Waals surface area (Å²) in [7, 11) is 0. The molecule has 0 aromatic heterocycles. The largest absolute Gasteiger partial charge is 0.490 e. The molecule has 0 bridgehead atoms. The summed E-state index contributed by atoms with van der Waals surface area (Å²) in [6, 6.07) is 14.6. The van der Waals surface area contributed by atoms with Gasteiger partial charge >= 0.3 is 0 Å². The van der Waals surface area contributed by atoms with Gasteiger partial charge in [-0.05, 0) is 48.9 Å². The summed E-state index contributed by atoms with van der Waals surface area (Å²) in [5.41, 5.74) is 4.75. The monoisotopic (exact) mass is 372 g/mol. The molecule has 2 aromatic carbocycles. The van der Waals surface area contributed by atoms with Crippen LogP contribution in [0, 0.1) is 0 Å². The van der Waals surface area contributed by atoms with Crippen LogP contribution >= 0.6 is 15.9 Å². The quantitative estimate of drug-likeness (QED) is 0.470. The Morgan fingerprint density at radius 3 is 2.39 bits per heavy atom. The van der Waals surface area contributed by atoms with Crippen molar-refractivity contribution in [3.8, 4) is 5.75 Å². The van der Waals surface area contributed by atoms with Gasteiger partial charge < -0.3 is 4.74 Å². The van der Waals surface area contributed by atoms with Crippen LogP contribution < -0.4 is 10.2 Å². The average Bonchev–Trinajstić information content (AvgIpc) is 2.58. The fourth-order valence-electron chi connectivity index (χ4n) is 1.81. The van der Waals surface area contributed by atoms with Crippen molar-refractivity contribution in [1.29, 1.82) is 0 Å². The minimum absolute atomic E-state index is 0.267. The van der Waals surface area contributed by atoms with Gasteiger partial charge in [-0.15, -0.1) is 0 Å². The number of amides is 1. The SMILES string of the molecule is C=CCOc1ccc(C(=O)N/N=C(\C)c2ccc(Br)cc2)cc1. The van der Waals surface area contributed by atoms with Crippen molar-refractivity contribution in [2.75, 3.05) is 6.61 Å². The van der Waals surface area contributed by atoms with Crippen molar-refractivity contribution in [1.82, 2.24) is 5.43 Å². The van der Waals surface area contributed by atoms with Crippen LogP contribution in [0.5, 0.6) is 5.75 Å². The molecule has 2 rings (SSSR count). The molecule has 1 N–H and O–H groups in total. The van der Waals surface area contributed by atoms with Crippen LogP contribution in [0.15, 0.2) is 70.8 Å². The normalized spacial score (nSPS) is 11.0. The number of rotatable bonds is 6. The van der Waals surface area contributed by atoms with E-state index in [0.717, 1.165) is 15.7 Å². The molecular formula is C18H17BrN2O2. The van der Waals surface area contributed by atoms with Gasteiger partial charge in [0.05, 0.1) is 5.71 Å². The Kier molecular flexibility index (Phi) is 6.11. The molecule has 0 aliphatic rings. The number of carbonyl (C=O) groups excluding carboxylic acids is 1. The molecule has 0 saturated heterocycles. The zero-order valence-electron chi connectivity index (χ0n) is 12.8. The van der Waals surface area contributed by atoms with Crippen LogP contribution in [0.4, 0.5) is 0 Å². The van der Waals surface area contributed by atoms with E-state index in [1.165, 1.54) is 0 Å². The summed E-state index contributed by atoms with van der Waals surface area (Å²) in [6.07, 6.45) is 1.67. The Balaban J connectivity index is 1.99. The van der Waals surface area contributed by atoms with Crippen LogP contribution in [-0.2, 0) is 0 Å². The molecule has 4 nitrogen and oxygen atoms in total. The first-order valence-corrected chi connectivity index (χ1v) is 7.84. The van der Waals surface area contributed by atoms with Gasteiger partial charge in [0.2, 0.25) is 0 Å². The molecule has 0 fully saturated rings. The van der Waals surface area contributed by atoms with Crippen LogP contribution in [0.3, 0.4) is 0 Å². The highest BCUT2D eigenvalue weighted by Crippen LogP contribution is 2.13. The maximum Gasteiger partial charge on any atom is 0.271 e. The van der Waals surface area contributed by atoms with Gasteiger partial charge in [0.25, 0.3) is 5.91 Å². The highest BCUT2D eigenvalue weighted by Gasteiger charge is 2.05. The molecule has 0 atom stereocenters. The maximum atomic E-state index is 12.1. The predicted octanol–water partition coefficient (Wildman–Crippen LogP) is 4.17. The van der Waals surface area contributed by atoms with E-state index in [1.54, 1.807) is 30.3 Å². The fraction of sp³-hybridized carbons (Fsp3) is 0.111. The van der Waals surface area contributed by atoms with Crippen LogP contribution in [-0.4, -0.2) is 18.2 Å². The van der Waals surface area contributed by atoms with Crippen LogP contribution in [0.25, 0.3) is 0 Å². The number of nitrogens with zero attached hydrogens (tertiary/aromatic N) is 1.